The molecule has 0 unspecified atom stereocenters. The van der Waals surface area contributed by atoms with E-state index in [0.717, 1.165) is 23.0 Å². The molecule has 0 aliphatic carbocycles. The molecule has 1 heterocycles. The van der Waals surface area contributed by atoms with Gasteiger partial charge in [-0.1, -0.05) is 29.8 Å². The van der Waals surface area contributed by atoms with Gasteiger partial charge in [-0.25, -0.2) is 0 Å². The van der Waals surface area contributed by atoms with E-state index in [2.05, 4.69) is 36.5 Å². The van der Waals surface area contributed by atoms with Crippen LogP contribution in [0.4, 0.5) is 0 Å². The van der Waals surface area contributed by atoms with Gasteiger partial charge in [-0.3, -0.25) is 4.79 Å². The predicted octanol–water partition coefficient (Wildman–Crippen LogP) is 3.87. The highest BCUT2D eigenvalue weighted by atomic mass is 32.2. The highest BCUT2D eigenvalue weighted by molar-refractivity contribution is 7.99. The summed E-state index contributed by atoms with van der Waals surface area (Å²) in [7, 11) is 0. The van der Waals surface area contributed by atoms with Crippen molar-refractivity contribution in [1.29, 1.82) is 0 Å². The lowest BCUT2D eigenvalue weighted by atomic mass is 10.2. The van der Waals surface area contributed by atoms with Crippen LogP contribution in [0, 0.1) is 6.92 Å². The van der Waals surface area contributed by atoms with Crippen molar-refractivity contribution in [1.82, 2.24) is 5.32 Å². The van der Waals surface area contributed by atoms with Gasteiger partial charge in [0.25, 0.3) is 0 Å². The van der Waals surface area contributed by atoms with Crippen molar-refractivity contribution in [2.75, 3.05) is 18.1 Å². The first-order valence-corrected chi connectivity index (χ1v) is 9.55. The first kappa shape index (κ1) is 17.0. The van der Waals surface area contributed by atoms with Crippen molar-refractivity contribution in [3.8, 4) is 0 Å². The van der Waals surface area contributed by atoms with Crippen LogP contribution in [-0.2, 0) is 16.3 Å². The van der Waals surface area contributed by atoms with E-state index in [1.54, 1.807) is 29.8 Å². The van der Waals surface area contributed by atoms with Crippen LogP contribution in [0.3, 0.4) is 0 Å². The number of hydrogen-bond acceptors (Lipinski definition) is 4. The molecule has 3 nitrogen and oxygen atoms in total. The van der Waals surface area contributed by atoms with E-state index < -0.39 is 0 Å². The van der Waals surface area contributed by atoms with E-state index in [-0.39, 0.29) is 5.91 Å². The molecule has 0 fully saturated rings. The van der Waals surface area contributed by atoms with Gasteiger partial charge in [0.15, 0.2) is 0 Å². The van der Waals surface area contributed by atoms with E-state index in [0.29, 0.717) is 12.3 Å². The Morgan fingerprint density at radius 2 is 2.09 bits per heavy atom. The Morgan fingerprint density at radius 1 is 1.18 bits per heavy atom. The predicted molar refractivity (Wildman–Crippen MR) is 95.2 cm³/mol. The number of rotatable bonds is 9. The molecule has 0 radical (unpaired) electrons. The zero-order valence-electron chi connectivity index (χ0n) is 12.7. The zero-order valence-corrected chi connectivity index (χ0v) is 14.3. The van der Waals surface area contributed by atoms with Gasteiger partial charge in [0.2, 0.25) is 5.91 Å². The second-order valence-electron chi connectivity index (χ2n) is 4.96. The number of hydrogen-bond donors (Lipinski definition) is 1. The number of carbonyl (C=O) groups is 1. The van der Waals surface area contributed by atoms with E-state index >= 15 is 0 Å². The molecule has 0 aliphatic heterocycles. The molecule has 0 saturated heterocycles. The molecule has 0 bridgehead atoms. The van der Waals surface area contributed by atoms with Gasteiger partial charge in [-0.2, -0.15) is 11.8 Å². The van der Waals surface area contributed by atoms with Crippen molar-refractivity contribution >= 4 is 29.4 Å². The largest absolute Gasteiger partial charge is 0.468 e. The Kier molecular flexibility index (Phi) is 7.46. The number of carbonyl (C=O) groups excluding carboxylic acids is 1. The summed E-state index contributed by atoms with van der Waals surface area (Å²) in [6, 6.07) is 12.3. The maximum absolute atomic E-state index is 11.7. The molecular formula is C17H21NO2S2. The monoisotopic (exact) mass is 335 g/mol. The quantitative estimate of drug-likeness (QED) is 0.706. The van der Waals surface area contributed by atoms with Gasteiger partial charge in [0, 0.05) is 18.1 Å². The summed E-state index contributed by atoms with van der Waals surface area (Å²) in [5.74, 6) is 4.22. The van der Waals surface area contributed by atoms with Crippen LogP contribution in [-0.4, -0.2) is 24.0 Å². The van der Waals surface area contributed by atoms with E-state index in [1.807, 2.05) is 12.1 Å². The molecule has 0 spiro atoms. The fraction of sp³-hybridized carbons (Fsp3) is 0.353. The minimum Gasteiger partial charge on any atom is -0.468 e. The Labute approximate surface area is 140 Å². The molecule has 0 aliphatic rings. The fourth-order valence-electron chi connectivity index (χ4n) is 1.94. The first-order valence-electron chi connectivity index (χ1n) is 7.24. The van der Waals surface area contributed by atoms with Crippen molar-refractivity contribution in [3.63, 3.8) is 0 Å². The number of amides is 1. The molecule has 0 atom stereocenters. The maximum atomic E-state index is 11.7. The number of furan rings is 1. The molecule has 22 heavy (non-hydrogen) atoms. The number of aryl methyl sites for hydroxylation is 1. The Hall–Kier alpha value is -1.33. The summed E-state index contributed by atoms with van der Waals surface area (Å²) < 4.78 is 5.25. The van der Waals surface area contributed by atoms with Gasteiger partial charge in [0.1, 0.15) is 5.76 Å². The molecule has 2 rings (SSSR count). The van der Waals surface area contributed by atoms with Crippen LogP contribution >= 0.6 is 23.5 Å². The molecule has 5 heteroatoms. The standard InChI is InChI=1S/C17H21NO2S2/c1-14-4-2-5-15(10-14)11-22-13-17(19)18-7-9-21-12-16-6-3-8-20-16/h2-6,8,10H,7,9,11-13H2,1H3,(H,18,19). The molecule has 1 amide bonds. The van der Waals surface area contributed by atoms with Gasteiger partial charge in [0.05, 0.1) is 17.8 Å². The average molecular weight is 335 g/mol. The van der Waals surface area contributed by atoms with Gasteiger partial charge >= 0.3 is 0 Å². The zero-order chi connectivity index (χ0) is 15.6. The average Bonchev–Trinajstić information content (AvgIpc) is 3.00. The Bertz CT molecular complexity index is 570. The maximum Gasteiger partial charge on any atom is 0.230 e. The van der Waals surface area contributed by atoms with Crippen molar-refractivity contribution in [2.24, 2.45) is 0 Å². The lowest BCUT2D eigenvalue weighted by Gasteiger charge is -2.05. The summed E-state index contributed by atoms with van der Waals surface area (Å²) in [4.78, 5) is 11.7. The van der Waals surface area contributed by atoms with Crippen LogP contribution in [0.25, 0.3) is 0 Å². The summed E-state index contributed by atoms with van der Waals surface area (Å²) in [6.07, 6.45) is 1.68. The van der Waals surface area contributed by atoms with E-state index in [1.165, 1.54) is 11.1 Å². The SMILES string of the molecule is Cc1cccc(CSCC(=O)NCCSCc2ccco2)c1. The minimum absolute atomic E-state index is 0.108. The normalized spacial score (nSPS) is 10.6. The third-order valence-electron chi connectivity index (χ3n) is 2.98. The summed E-state index contributed by atoms with van der Waals surface area (Å²) in [5.41, 5.74) is 2.53. The first-order chi connectivity index (χ1) is 10.7. The van der Waals surface area contributed by atoms with E-state index in [4.69, 9.17) is 4.42 Å². The number of benzene rings is 1. The lowest BCUT2D eigenvalue weighted by Crippen LogP contribution is -2.27. The van der Waals surface area contributed by atoms with E-state index in [9.17, 15) is 4.79 Å². The summed E-state index contributed by atoms with van der Waals surface area (Å²) >= 11 is 3.41. The Morgan fingerprint density at radius 3 is 2.86 bits per heavy atom. The number of nitrogens with one attached hydrogen (secondary N) is 1. The molecule has 118 valence electrons. The van der Waals surface area contributed by atoms with Gasteiger partial charge in [-0.05, 0) is 24.6 Å². The summed E-state index contributed by atoms with van der Waals surface area (Å²) in [6.45, 7) is 2.79. The Balaban J connectivity index is 1.51. The lowest BCUT2D eigenvalue weighted by molar-refractivity contribution is -0.118. The highest BCUT2D eigenvalue weighted by Gasteiger charge is 2.02. The number of thioether (sulfide) groups is 2. The highest BCUT2D eigenvalue weighted by Crippen LogP contribution is 2.13. The molecule has 2 aromatic rings. The smallest absolute Gasteiger partial charge is 0.230 e. The second kappa shape index (κ2) is 9.64. The third kappa shape index (κ3) is 6.62. The topological polar surface area (TPSA) is 42.2 Å². The van der Waals surface area contributed by atoms with Crippen molar-refractivity contribution in [3.05, 3.63) is 59.5 Å². The summed E-state index contributed by atoms with van der Waals surface area (Å²) in [5, 5.41) is 2.95. The van der Waals surface area contributed by atoms with Gasteiger partial charge < -0.3 is 9.73 Å². The van der Waals surface area contributed by atoms with Crippen LogP contribution in [0.1, 0.15) is 16.9 Å². The molecular weight excluding hydrogens is 314 g/mol. The van der Waals surface area contributed by atoms with Crippen molar-refractivity contribution < 1.29 is 9.21 Å². The van der Waals surface area contributed by atoms with Crippen LogP contribution in [0.2, 0.25) is 0 Å². The van der Waals surface area contributed by atoms with Crippen LogP contribution in [0.5, 0.6) is 0 Å². The molecule has 1 aromatic heterocycles. The molecule has 1 aromatic carbocycles. The van der Waals surface area contributed by atoms with Crippen LogP contribution in [0.15, 0.2) is 47.1 Å². The third-order valence-corrected chi connectivity index (χ3v) is 4.96. The minimum atomic E-state index is 0.108. The fourth-order valence-corrected chi connectivity index (χ4v) is 3.51. The molecule has 1 N–H and O–H groups in total. The van der Waals surface area contributed by atoms with Crippen LogP contribution < -0.4 is 5.32 Å². The second-order valence-corrected chi connectivity index (χ2v) is 7.05. The molecule has 0 saturated carbocycles. The van der Waals surface area contributed by atoms with Gasteiger partial charge in [-0.15, -0.1) is 11.8 Å². The van der Waals surface area contributed by atoms with Crippen molar-refractivity contribution in [2.45, 2.75) is 18.4 Å².